The molecule has 0 aromatic heterocycles. The van der Waals surface area contributed by atoms with Gasteiger partial charge in [0, 0.05) is 0 Å². The highest BCUT2D eigenvalue weighted by atomic mass is 16.5. The van der Waals surface area contributed by atoms with Crippen molar-refractivity contribution in [3.05, 3.63) is 24.3 Å². The van der Waals surface area contributed by atoms with Gasteiger partial charge in [0.15, 0.2) is 0 Å². The van der Waals surface area contributed by atoms with Gasteiger partial charge < -0.3 is 0 Å². The number of amides is 2. The Morgan fingerprint density at radius 3 is 1.36 bits per heavy atom. The molecule has 1 rings (SSSR count). The fraction of sp³-hybridized carbons (Fsp3) is 0. The zero-order chi connectivity index (χ0) is 10.6. The lowest BCUT2D eigenvalue weighted by atomic mass is 10.3. The van der Waals surface area contributed by atoms with Crippen LogP contribution < -0.4 is 10.1 Å². The van der Waals surface area contributed by atoms with Crippen molar-refractivity contribution in [1.29, 1.82) is 0 Å². The van der Waals surface area contributed by atoms with Crippen molar-refractivity contribution in [3.63, 3.8) is 0 Å². The first-order valence-corrected chi connectivity index (χ1v) is 3.66. The molecule has 2 N–H and O–H groups in total. The van der Waals surface area contributed by atoms with Gasteiger partial charge >= 0.3 is 0 Å². The quantitative estimate of drug-likeness (QED) is 0.414. The smallest absolute Gasteiger partial charge is 0.237 e. The van der Waals surface area contributed by atoms with Gasteiger partial charge in [-0.15, -0.1) is 0 Å². The third kappa shape index (κ3) is 2.06. The molecule has 0 saturated carbocycles. The molecule has 6 heteroatoms. The number of rotatable bonds is 4. The van der Waals surface area contributed by atoms with Gasteiger partial charge in [-0.2, -0.15) is 10.1 Å². The summed E-state index contributed by atoms with van der Waals surface area (Å²) >= 11 is 0. The molecular formula is C8H8N2O4. The van der Waals surface area contributed by atoms with E-state index in [0.717, 1.165) is 0 Å². The lowest BCUT2D eigenvalue weighted by Crippen LogP contribution is -2.16. The Balaban J connectivity index is 2.88. The van der Waals surface area contributed by atoms with Gasteiger partial charge in [0.2, 0.25) is 12.8 Å². The van der Waals surface area contributed by atoms with Crippen LogP contribution in [0, 0.1) is 0 Å². The maximum atomic E-state index is 10.1. The van der Waals surface area contributed by atoms with Crippen LogP contribution in [0.3, 0.4) is 0 Å². The summed E-state index contributed by atoms with van der Waals surface area (Å²) in [6, 6.07) is 5.49. The Kier molecular flexibility index (Phi) is 3.16. The third-order valence-corrected chi connectivity index (χ3v) is 1.58. The molecule has 0 radical (unpaired) electrons. The molecule has 0 saturated heterocycles. The van der Waals surface area contributed by atoms with E-state index in [9.17, 15) is 9.59 Å². The summed E-state index contributed by atoms with van der Waals surface area (Å²) in [5, 5.41) is 18.6. The van der Waals surface area contributed by atoms with Crippen LogP contribution in [-0.2, 0) is 9.59 Å². The van der Waals surface area contributed by atoms with Gasteiger partial charge in [-0.1, -0.05) is 0 Å². The maximum Gasteiger partial charge on any atom is 0.237 e. The highest BCUT2D eigenvalue weighted by Crippen LogP contribution is 2.17. The molecule has 0 bridgehead atoms. The average Bonchev–Trinajstić information content (AvgIpc) is 2.27. The summed E-state index contributed by atoms with van der Waals surface area (Å²) in [5.74, 6) is 0. The highest BCUT2D eigenvalue weighted by Gasteiger charge is 2.03. The second-order valence-corrected chi connectivity index (χ2v) is 2.42. The van der Waals surface area contributed by atoms with E-state index in [4.69, 9.17) is 10.4 Å². The average molecular weight is 196 g/mol. The molecule has 0 aliphatic rings. The van der Waals surface area contributed by atoms with Crippen molar-refractivity contribution < 1.29 is 20.0 Å². The lowest BCUT2D eigenvalue weighted by molar-refractivity contribution is -0.112. The van der Waals surface area contributed by atoms with Crippen molar-refractivity contribution in [2.45, 2.75) is 0 Å². The van der Waals surface area contributed by atoms with Gasteiger partial charge in [-0.3, -0.25) is 20.0 Å². The number of hydroxylamine groups is 2. The zero-order valence-corrected chi connectivity index (χ0v) is 7.07. The van der Waals surface area contributed by atoms with Crippen LogP contribution >= 0.6 is 0 Å². The normalized spacial score (nSPS) is 9.29. The molecule has 2 amide bonds. The van der Waals surface area contributed by atoms with Gasteiger partial charge in [-0.05, 0) is 24.3 Å². The Bertz CT molecular complexity index is 292. The zero-order valence-electron chi connectivity index (χ0n) is 7.07. The van der Waals surface area contributed by atoms with E-state index in [1.807, 2.05) is 0 Å². The Labute approximate surface area is 79.5 Å². The van der Waals surface area contributed by atoms with Crippen molar-refractivity contribution in [2.75, 3.05) is 10.1 Å². The SMILES string of the molecule is O=CN(O)c1ccc(N(O)C=O)cc1. The molecule has 1 aromatic rings. The number of nitrogens with zero attached hydrogens (tertiary/aromatic N) is 2. The molecule has 0 aliphatic carbocycles. The summed E-state index contributed by atoms with van der Waals surface area (Å²) < 4.78 is 0. The first-order valence-electron chi connectivity index (χ1n) is 3.66. The van der Waals surface area contributed by atoms with Crippen molar-refractivity contribution in [1.82, 2.24) is 0 Å². The first kappa shape index (κ1) is 10.2. The van der Waals surface area contributed by atoms with Crippen LogP contribution in [0.25, 0.3) is 0 Å². The molecule has 0 spiro atoms. The Morgan fingerprint density at radius 2 is 1.14 bits per heavy atom. The summed E-state index contributed by atoms with van der Waals surface area (Å²) in [7, 11) is 0. The van der Waals surface area contributed by atoms with Crippen LogP contribution in [0.5, 0.6) is 0 Å². The van der Waals surface area contributed by atoms with E-state index in [1.165, 1.54) is 24.3 Å². The molecule has 0 atom stereocenters. The summed E-state index contributed by atoms with van der Waals surface area (Å²) in [6.07, 6.45) is 0.455. The van der Waals surface area contributed by atoms with Crippen LogP contribution in [0.2, 0.25) is 0 Å². The predicted molar refractivity (Wildman–Crippen MR) is 47.1 cm³/mol. The van der Waals surface area contributed by atoms with Crippen LogP contribution in [0.4, 0.5) is 11.4 Å². The number of carbonyl (C=O) groups is 2. The predicted octanol–water partition coefficient (Wildman–Crippen LogP) is 0.391. The van der Waals surface area contributed by atoms with Gasteiger partial charge in [0.25, 0.3) is 0 Å². The first-order chi connectivity index (χ1) is 6.69. The third-order valence-electron chi connectivity index (χ3n) is 1.58. The van der Waals surface area contributed by atoms with Gasteiger partial charge in [0.05, 0.1) is 11.4 Å². The number of benzene rings is 1. The van der Waals surface area contributed by atoms with Gasteiger partial charge in [0.1, 0.15) is 0 Å². The second kappa shape index (κ2) is 4.35. The Morgan fingerprint density at radius 1 is 0.857 bits per heavy atom. The molecular weight excluding hydrogens is 188 g/mol. The molecule has 0 heterocycles. The molecule has 0 aliphatic heterocycles. The fourth-order valence-corrected chi connectivity index (χ4v) is 0.880. The highest BCUT2D eigenvalue weighted by molar-refractivity contribution is 5.75. The van der Waals surface area contributed by atoms with E-state index >= 15 is 0 Å². The van der Waals surface area contributed by atoms with Crippen molar-refractivity contribution >= 4 is 24.2 Å². The number of hydrogen-bond donors (Lipinski definition) is 2. The summed E-state index contributed by atoms with van der Waals surface area (Å²) in [6.45, 7) is 0. The molecule has 0 unspecified atom stereocenters. The number of carbonyl (C=O) groups excluding carboxylic acids is 2. The molecule has 14 heavy (non-hydrogen) atoms. The van der Waals surface area contributed by atoms with Crippen LogP contribution in [-0.4, -0.2) is 23.2 Å². The second-order valence-electron chi connectivity index (χ2n) is 2.42. The van der Waals surface area contributed by atoms with Crippen molar-refractivity contribution in [2.24, 2.45) is 0 Å². The minimum atomic E-state index is 0.228. The monoisotopic (exact) mass is 196 g/mol. The van der Waals surface area contributed by atoms with Crippen LogP contribution in [0.1, 0.15) is 0 Å². The molecule has 1 aromatic carbocycles. The molecule has 6 nitrogen and oxygen atoms in total. The van der Waals surface area contributed by atoms with E-state index in [-0.39, 0.29) is 24.2 Å². The number of hydrogen-bond acceptors (Lipinski definition) is 4. The number of anilines is 2. The van der Waals surface area contributed by atoms with Crippen LogP contribution in [0.15, 0.2) is 24.3 Å². The molecule has 74 valence electrons. The van der Waals surface area contributed by atoms with E-state index in [0.29, 0.717) is 10.1 Å². The summed E-state index contributed by atoms with van der Waals surface area (Å²) in [5.41, 5.74) is 0.478. The van der Waals surface area contributed by atoms with E-state index in [2.05, 4.69) is 0 Å². The van der Waals surface area contributed by atoms with E-state index in [1.54, 1.807) is 0 Å². The van der Waals surface area contributed by atoms with Gasteiger partial charge in [-0.25, -0.2) is 0 Å². The lowest BCUT2D eigenvalue weighted by Gasteiger charge is -2.11. The van der Waals surface area contributed by atoms with Crippen molar-refractivity contribution in [3.8, 4) is 0 Å². The fourth-order valence-electron chi connectivity index (χ4n) is 0.880. The largest absolute Gasteiger partial charge is 0.281 e. The molecule has 0 fully saturated rings. The summed E-state index contributed by atoms with van der Waals surface area (Å²) in [4.78, 5) is 20.3. The minimum Gasteiger partial charge on any atom is -0.281 e. The standard InChI is InChI=1S/C8H8N2O4/c11-5-9(13)7-1-2-8(4-3-7)10(14)6-12/h1-6,13-14H. The maximum absolute atomic E-state index is 10.1. The minimum absolute atomic E-state index is 0.228. The topological polar surface area (TPSA) is 81.1 Å². The Hall–Kier alpha value is -1.92. The van der Waals surface area contributed by atoms with E-state index < -0.39 is 0 Å².